The van der Waals surface area contributed by atoms with Crippen LogP contribution in [0.3, 0.4) is 0 Å². The van der Waals surface area contributed by atoms with Gasteiger partial charge < -0.3 is 83.9 Å². The molecule has 404 valence electrons. The summed E-state index contributed by atoms with van der Waals surface area (Å²) in [6, 6.07) is 5.94. The van der Waals surface area contributed by atoms with Crippen LogP contribution in [0.5, 0.6) is 0 Å². The van der Waals surface area contributed by atoms with Gasteiger partial charge in [0.05, 0.1) is 51.3 Å². The van der Waals surface area contributed by atoms with Crippen molar-refractivity contribution in [3.63, 3.8) is 0 Å². The van der Waals surface area contributed by atoms with Crippen LogP contribution in [-0.2, 0) is 69.2 Å². The number of hydrogen-bond acceptors (Lipinski definition) is 18. The molecule has 0 amide bonds. The average molecular weight is 1090 g/mol. The summed E-state index contributed by atoms with van der Waals surface area (Å²) in [7, 11) is 10.2. The number of nitrogens with zero attached hydrogens (tertiary/aromatic N) is 3. The smallest absolute Gasteiger partial charge is 0.335 e. The highest BCUT2D eigenvalue weighted by Gasteiger charge is 2.39. The predicted octanol–water partition coefficient (Wildman–Crippen LogP) is 4.10. The van der Waals surface area contributed by atoms with Crippen molar-refractivity contribution in [2.45, 2.75) is 137 Å². The Hall–Kier alpha value is 0.581. The third kappa shape index (κ3) is 26.3. The molecular weight excluding hydrogens is 991 g/mol. The Balaban J connectivity index is 1.75. The molecule has 3 fully saturated rings. The Morgan fingerprint density at radius 2 is 0.768 bits per heavy atom. The first-order valence-electron chi connectivity index (χ1n) is 25.3. The molecule has 6 atom stereocenters. The minimum atomic E-state index is -2.41. The van der Waals surface area contributed by atoms with Crippen molar-refractivity contribution in [1.29, 1.82) is 0 Å². The predicted molar refractivity (Wildman–Crippen MR) is 278 cm³/mol. The average Bonchev–Trinajstić information content (AvgIpc) is 3.33. The summed E-state index contributed by atoms with van der Waals surface area (Å²) >= 11 is 0. The quantitative estimate of drug-likeness (QED) is 0.0509. The summed E-state index contributed by atoms with van der Waals surface area (Å²) in [5, 5.41) is 0. The minimum Gasteiger partial charge on any atom is -0.398 e. The van der Waals surface area contributed by atoms with Gasteiger partial charge in [0.25, 0.3) is 0 Å². The Morgan fingerprint density at radius 1 is 0.464 bits per heavy atom. The fraction of sp³-hybridized carbons (Fsp3) is 1.00. The molecule has 6 unspecified atom stereocenters. The van der Waals surface area contributed by atoms with Crippen LogP contribution in [0.25, 0.3) is 0 Å². The lowest BCUT2D eigenvalue weighted by molar-refractivity contribution is -0.102. The van der Waals surface area contributed by atoms with Crippen LogP contribution < -0.4 is 0 Å². The molecule has 6 radical (unpaired) electrons. The van der Waals surface area contributed by atoms with Gasteiger partial charge in [-0.1, -0.05) is 18.1 Å². The topological polar surface area (TPSA) is 148 Å². The first kappa shape index (κ1) is 63.9. The summed E-state index contributed by atoms with van der Waals surface area (Å²) < 4.78 is 91.6. The molecule has 0 aliphatic carbocycles. The number of ether oxygens (including phenoxy) is 9. The molecule has 3 saturated heterocycles. The highest BCUT2D eigenvalue weighted by molar-refractivity contribution is 6.66. The minimum absolute atomic E-state index is 0.141. The van der Waals surface area contributed by atoms with Crippen molar-refractivity contribution in [1.82, 2.24) is 14.7 Å². The molecule has 24 heteroatoms. The van der Waals surface area contributed by atoms with E-state index < -0.39 is 25.7 Å². The second-order valence-electron chi connectivity index (χ2n) is 18.8. The Bertz CT molecular complexity index is 1220. The highest BCUT2D eigenvalue weighted by Crippen LogP contribution is 2.25. The van der Waals surface area contributed by atoms with Gasteiger partial charge in [-0.2, -0.15) is 0 Å². The molecular formula is C45H95N3O15Si6. The molecule has 18 nitrogen and oxygen atoms in total. The third-order valence-electron chi connectivity index (χ3n) is 13.1. The van der Waals surface area contributed by atoms with Crippen LogP contribution in [-0.4, -0.2) is 267 Å². The second-order valence-corrected chi connectivity index (χ2v) is 33.2. The lowest BCUT2D eigenvalue weighted by Gasteiger charge is -2.38. The zero-order valence-corrected chi connectivity index (χ0v) is 50.9. The largest absolute Gasteiger partial charge is 0.398 e. The van der Waals surface area contributed by atoms with Crippen LogP contribution in [0.1, 0.15) is 38.5 Å². The molecule has 0 saturated carbocycles. The first-order chi connectivity index (χ1) is 33.3. The SMILES string of the molecule is COC(OC)[Si]CCCN1CCC[Si](C)(OC)OC(COCC(COCC2CN(CCC[Si]C(OC)OC)CCC[Si](C)(OC)O2)OCC2CN(CCC[Si]C(OC)OC)CCC[Si](C)(OC)O2)C1. The van der Waals surface area contributed by atoms with Gasteiger partial charge in [-0.15, -0.1) is 0 Å². The molecule has 0 bridgehead atoms. The number of rotatable bonds is 35. The van der Waals surface area contributed by atoms with Crippen LogP contribution in [0.4, 0.5) is 0 Å². The highest BCUT2D eigenvalue weighted by atomic mass is 28.4. The Labute approximate surface area is 428 Å². The summed E-state index contributed by atoms with van der Waals surface area (Å²) in [5.41, 5.74) is 0. The summed E-state index contributed by atoms with van der Waals surface area (Å²) in [4.78, 5) is 7.55. The Morgan fingerprint density at radius 3 is 1.06 bits per heavy atom. The summed E-state index contributed by atoms with van der Waals surface area (Å²) in [6.07, 6.45) is 5.50. The molecule has 0 aromatic heterocycles. The number of hydrogen-bond donors (Lipinski definition) is 0. The summed E-state index contributed by atoms with van der Waals surface area (Å²) in [6.45, 7) is 16.7. The number of methoxy groups -OCH3 is 6. The van der Waals surface area contributed by atoms with Gasteiger partial charge in [0.1, 0.15) is 52.4 Å². The van der Waals surface area contributed by atoms with Crippen LogP contribution >= 0.6 is 0 Å². The standard InChI is InChI=1S/C45H95N3O15Si6/c1-49-43(50-2)64-25-13-19-46-22-16-28-67(10,55-7)61-39(31-46)34-58-36-42(60-38-41-33-48(21-15-27-66-45(53-5)54-6)24-18-30-69(12,57-9)63-41)37-59-35-40-32-47(20-14-26-65-44(51-3)52-4)23-17-29-68(11,56-8)62-40/h39-45H,13-38H2,1-12H3. The van der Waals surface area contributed by atoms with Gasteiger partial charge in [-0.25, -0.2) is 0 Å². The van der Waals surface area contributed by atoms with Crippen molar-refractivity contribution in [2.24, 2.45) is 0 Å². The third-order valence-corrected chi connectivity index (χ3v) is 26.4. The van der Waals surface area contributed by atoms with Crippen LogP contribution in [0, 0.1) is 0 Å². The van der Waals surface area contributed by atoms with Crippen molar-refractivity contribution in [3.8, 4) is 0 Å². The maximum atomic E-state index is 6.90. The zero-order chi connectivity index (χ0) is 50.4. The molecule has 3 aliphatic rings. The zero-order valence-electron chi connectivity index (χ0n) is 44.9. The van der Waals surface area contributed by atoms with E-state index in [1.807, 2.05) is 0 Å². The van der Waals surface area contributed by atoms with E-state index in [-0.39, 0.29) is 42.2 Å². The molecule has 3 rings (SSSR count). The van der Waals surface area contributed by atoms with E-state index in [0.717, 1.165) is 134 Å². The van der Waals surface area contributed by atoms with E-state index in [4.69, 9.17) is 69.2 Å². The molecule has 0 N–H and O–H groups in total. The Kier molecular flexibility index (Phi) is 33.8. The van der Waals surface area contributed by atoms with Gasteiger partial charge in [0.2, 0.25) is 0 Å². The maximum absolute atomic E-state index is 6.90. The van der Waals surface area contributed by atoms with E-state index in [0.29, 0.717) is 61.6 Å². The first-order valence-corrected chi connectivity index (χ1v) is 36.7. The molecule has 3 heterocycles. The van der Waals surface area contributed by atoms with E-state index in [1.54, 1.807) is 64.0 Å². The van der Waals surface area contributed by atoms with E-state index >= 15 is 0 Å². The van der Waals surface area contributed by atoms with Crippen molar-refractivity contribution in [2.75, 3.05) is 156 Å². The van der Waals surface area contributed by atoms with Crippen LogP contribution in [0.2, 0.25) is 55.9 Å². The van der Waals surface area contributed by atoms with Crippen molar-refractivity contribution >= 4 is 54.2 Å². The van der Waals surface area contributed by atoms with Gasteiger partial charge in [0, 0.05) is 83.6 Å². The van der Waals surface area contributed by atoms with Gasteiger partial charge >= 0.3 is 25.7 Å². The lowest BCUT2D eigenvalue weighted by atomic mass is 10.2. The summed E-state index contributed by atoms with van der Waals surface area (Å²) in [5.74, 6) is -0.428. The molecule has 0 aromatic rings. The molecule has 0 spiro atoms. The van der Waals surface area contributed by atoms with Gasteiger partial charge in [0.15, 0.2) is 0 Å². The monoisotopic (exact) mass is 1090 g/mol. The van der Waals surface area contributed by atoms with Crippen molar-refractivity contribution in [3.05, 3.63) is 0 Å². The van der Waals surface area contributed by atoms with Gasteiger partial charge in [-0.3, -0.25) is 0 Å². The van der Waals surface area contributed by atoms with E-state index in [1.165, 1.54) is 0 Å². The lowest BCUT2D eigenvalue weighted by Crippen LogP contribution is -2.51. The van der Waals surface area contributed by atoms with Gasteiger partial charge in [-0.05, 0) is 116 Å². The van der Waals surface area contributed by atoms with Crippen molar-refractivity contribution < 1.29 is 69.2 Å². The molecule has 0 aromatic carbocycles. The van der Waals surface area contributed by atoms with E-state index in [2.05, 4.69) is 34.3 Å². The van der Waals surface area contributed by atoms with E-state index in [9.17, 15) is 0 Å². The fourth-order valence-electron chi connectivity index (χ4n) is 9.08. The molecule has 69 heavy (non-hydrogen) atoms. The fourth-order valence-corrected chi connectivity index (χ4v) is 18.1. The second kappa shape index (κ2) is 36.5. The maximum Gasteiger partial charge on any atom is 0.335 e. The van der Waals surface area contributed by atoms with Crippen LogP contribution in [0.15, 0.2) is 0 Å². The molecule has 3 aliphatic heterocycles. The normalized spacial score (nSPS) is 28.1.